The maximum atomic E-state index is 13.0. The van der Waals surface area contributed by atoms with Gasteiger partial charge >= 0.3 is 5.97 Å². The van der Waals surface area contributed by atoms with Gasteiger partial charge in [-0.1, -0.05) is 6.92 Å². The van der Waals surface area contributed by atoms with E-state index in [0.717, 1.165) is 18.3 Å². The van der Waals surface area contributed by atoms with Crippen LogP contribution in [0.4, 0.5) is 0 Å². The number of aldehydes is 1. The minimum absolute atomic E-state index is 0.0465. The molecule has 0 aromatic heterocycles. The van der Waals surface area contributed by atoms with Crippen molar-refractivity contribution in [1.82, 2.24) is 0 Å². The molecule has 6 aliphatic rings. The number of cyclic esters (lactones) is 1. The highest BCUT2D eigenvalue weighted by molar-refractivity contribution is 5.85. The number of esters is 1. The molecular formula is C29H42O10. The summed E-state index contributed by atoms with van der Waals surface area (Å²) in [7, 11) is 0. The van der Waals surface area contributed by atoms with Gasteiger partial charge in [-0.2, -0.15) is 0 Å². The molecule has 0 bridgehead atoms. The van der Waals surface area contributed by atoms with Gasteiger partial charge in [0.05, 0.1) is 28.8 Å². The summed E-state index contributed by atoms with van der Waals surface area (Å²) in [5.41, 5.74) is -2.86. The van der Waals surface area contributed by atoms with E-state index in [4.69, 9.17) is 14.2 Å². The SMILES string of the molecule is C[C@H]1O[C@H](O[C@H]2CC[C@]3(C=O)[C@H]4CC[C@]5(C)[C@@H](C6=CC(=O)OC6)CC[C@]5(O)[C@@H]4CC[C@]3(O)C2)[C@H](O)[C@H](O)[C@H]1O. The summed E-state index contributed by atoms with van der Waals surface area (Å²) in [6, 6.07) is 0. The van der Waals surface area contributed by atoms with E-state index >= 15 is 0 Å². The largest absolute Gasteiger partial charge is 0.458 e. The Morgan fingerprint density at radius 2 is 1.72 bits per heavy atom. The summed E-state index contributed by atoms with van der Waals surface area (Å²) in [4.78, 5) is 24.8. The van der Waals surface area contributed by atoms with E-state index in [0.29, 0.717) is 44.9 Å². The standard InChI is InChI=1S/C29H42O10/c1-15-22(32)23(33)24(34)25(38-15)39-17-3-8-27(14-30)19-4-7-26(2)18(16-11-21(31)37-13-16)6-10-29(26,36)20(19)5-9-28(27,35)12-17/h11,14-15,17-20,22-25,32-36H,3-10,12-13H2,1-2H3/t15-,17+,18-,19+,20-,22+,23-,24-,25-,26-,27+,28+,29+/m1/s1. The first-order valence-electron chi connectivity index (χ1n) is 14.5. The lowest BCUT2D eigenvalue weighted by molar-refractivity contribution is -0.317. The molecular weight excluding hydrogens is 508 g/mol. The molecule has 0 aromatic rings. The first kappa shape index (κ1) is 27.8. The summed E-state index contributed by atoms with van der Waals surface area (Å²) in [6.45, 7) is 3.98. The van der Waals surface area contributed by atoms with Gasteiger partial charge in [0.25, 0.3) is 0 Å². The molecule has 4 aliphatic carbocycles. The van der Waals surface area contributed by atoms with Crippen molar-refractivity contribution in [1.29, 1.82) is 0 Å². The maximum Gasteiger partial charge on any atom is 0.331 e. The van der Waals surface area contributed by atoms with Crippen LogP contribution in [0, 0.1) is 28.6 Å². The quantitative estimate of drug-likeness (QED) is 0.192. The highest BCUT2D eigenvalue weighted by Gasteiger charge is 2.71. The summed E-state index contributed by atoms with van der Waals surface area (Å²) in [5, 5.41) is 55.0. The molecule has 2 heterocycles. The molecule has 10 nitrogen and oxygen atoms in total. The van der Waals surface area contributed by atoms with E-state index in [2.05, 4.69) is 6.92 Å². The van der Waals surface area contributed by atoms with E-state index in [1.807, 2.05) is 0 Å². The Balaban J connectivity index is 1.22. The van der Waals surface area contributed by atoms with Gasteiger partial charge in [0.1, 0.15) is 31.2 Å². The smallest absolute Gasteiger partial charge is 0.331 e. The monoisotopic (exact) mass is 550 g/mol. The van der Waals surface area contributed by atoms with Crippen LogP contribution in [0.1, 0.15) is 71.6 Å². The van der Waals surface area contributed by atoms with Crippen molar-refractivity contribution in [3.63, 3.8) is 0 Å². The highest BCUT2D eigenvalue weighted by atomic mass is 16.7. The van der Waals surface area contributed by atoms with Crippen LogP contribution in [0.5, 0.6) is 0 Å². The second-order valence-electron chi connectivity index (χ2n) is 13.4. The summed E-state index contributed by atoms with van der Waals surface area (Å²) in [6.07, 6.45) is 0.689. The molecule has 10 heteroatoms. The average Bonchev–Trinajstić information content (AvgIpc) is 3.45. The Hall–Kier alpha value is -1.40. The number of hydrogen-bond acceptors (Lipinski definition) is 10. The lowest BCUT2D eigenvalue weighted by Gasteiger charge is -2.65. The fraction of sp³-hybridized carbons (Fsp3) is 0.862. The zero-order valence-corrected chi connectivity index (χ0v) is 22.7. The highest BCUT2D eigenvalue weighted by Crippen LogP contribution is 2.70. The molecule has 39 heavy (non-hydrogen) atoms. The van der Waals surface area contributed by atoms with Crippen molar-refractivity contribution in [3.8, 4) is 0 Å². The topological polar surface area (TPSA) is 163 Å². The lowest BCUT2D eigenvalue weighted by Crippen LogP contribution is -2.69. The van der Waals surface area contributed by atoms with Gasteiger partial charge in [-0.15, -0.1) is 0 Å². The fourth-order valence-electron chi connectivity index (χ4n) is 9.75. The molecule has 218 valence electrons. The van der Waals surface area contributed by atoms with E-state index in [-0.39, 0.29) is 36.8 Å². The van der Waals surface area contributed by atoms with Crippen LogP contribution in [-0.2, 0) is 23.8 Å². The zero-order chi connectivity index (χ0) is 28.0. The number of aliphatic hydroxyl groups excluding tert-OH is 3. The van der Waals surface area contributed by atoms with E-state index in [9.17, 15) is 35.1 Å². The predicted molar refractivity (Wildman–Crippen MR) is 135 cm³/mol. The third-order valence-corrected chi connectivity index (χ3v) is 12.0. The summed E-state index contributed by atoms with van der Waals surface area (Å²) < 4.78 is 16.9. The number of fused-ring (bicyclic) bond motifs is 5. The first-order chi connectivity index (χ1) is 18.4. The van der Waals surface area contributed by atoms with Crippen LogP contribution in [0.25, 0.3) is 0 Å². The van der Waals surface area contributed by atoms with Crippen molar-refractivity contribution in [2.75, 3.05) is 6.61 Å². The Bertz CT molecular complexity index is 1050. The number of aliphatic hydroxyl groups is 5. The number of ether oxygens (including phenoxy) is 3. The van der Waals surface area contributed by atoms with E-state index in [1.165, 1.54) is 0 Å². The van der Waals surface area contributed by atoms with E-state index in [1.54, 1.807) is 13.0 Å². The molecule has 4 saturated carbocycles. The number of rotatable bonds is 4. The Kier molecular flexibility index (Phi) is 6.62. The Morgan fingerprint density at radius 1 is 0.974 bits per heavy atom. The van der Waals surface area contributed by atoms with E-state index < -0.39 is 58.8 Å². The van der Waals surface area contributed by atoms with Gasteiger partial charge in [0.2, 0.25) is 0 Å². The Labute approximate surface area is 228 Å². The molecule has 13 atom stereocenters. The van der Waals surface area contributed by atoms with Crippen LogP contribution in [0.15, 0.2) is 11.6 Å². The van der Waals surface area contributed by atoms with Crippen LogP contribution in [0.2, 0.25) is 0 Å². The molecule has 0 amide bonds. The second-order valence-corrected chi connectivity index (χ2v) is 13.4. The van der Waals surface area contributed by atoms with Gasteiger partial charge in [-0.25, -0.2) is 4.79 Å². The van der Waals surface area contributed by atoms with Crippen LogP contribution < -0.4 is 0 Å². The fourth-order valence-corrected chi connectivity index (χ4v) is 9.75. The van der Waals surface area contributed by atoms with Crippen molar-refractivity contribution in [3.05, 3.63) is 11.6 Å². The molecule has 5 N–H and O–H groups in total. The van der Waals surface area contributed by atoms with Gasteiger partial charge in [0, 0.05) is 17.9 Å². The van der Waals surface area contributed by atoms with Crippen LogP contribution in [-0.4, -0.2) is 92.4 Å². The lowest BCUT2D eigenvalue weighted by atomic mass is 9.41. The third-order valence-electron chi connectivity index (χ3n) is 12.0. The molecule has 0 radical (unpaired) electrons. The summed E-state index contributed by atoms with van der Waals surface area (Å²) >= 11 is 0. The number of carbonyl (C=O) groups excluding carboxylic acids is 2. The molecule has 0 spiro atoms. The minimum Gasteiger partial charge on any atom is -0.458 e. The molecule has 5 fully saturated rings. The molecule has 0 aromatic carbocycles. The van der Waals surface area contributed by atoms with Crippen molar-refractivity contribution in [2.45, 2.75) is 120 Å². The average molecular weight is 551 g/mol. The zero-order valence-electron chi connectivity index (χ0n) is 22.7. The number of hydrogen-bond donors (Lipinski definition) is 5. The van der Waals surface area contributed by atoms with Crippen molar-refractivity contribution in [2.24, 2.45) is 28.6 Å². The molecule has 2 aliphatic heterocycles. The molecule has 0 unspecified atom stereocenters. The second kappa shape index (κ2) is 9.31. The van der Waals surface area contributed by atoms with Gasteiger partial charge in [0.15, 0.2) is 6.29 Å². The van der Waals surface area contributed by atoms with Crippen molar-refractivity contribution < 1.29 is 49.3 Å². The predicted octanol–water partition coefficient (Wildman–Crippen LogP) is 0.750. The van der Waals surface area contributed by atoms with Gasteiger partial charge in [-0.3, -0.25) is 0 Å². The maximum absolute atomic E-state index is 13.0. The van der Waals surface area contributed by atoms with Crippen molar-refractivity contribution >= 4 is 12.3 Å². The first-order valence-corrected chi connectivity index (χ1v) is 14.5. The normalized spacial score (nSPS) is 55.2. The minimum atomic E-state index is -1.43. The van der Waals surface area contributed by atoms with Crippen LogP contribution in [0.3, 0.4) is 0 Å². The van der Waals surface area contributed by atoms with Crippen LogP contribution >= 0.6 is 0 Å². The third kappa shape index (κ3) is 3.78. The molecule has 1 saturated heterocycles. The van der Waals surface area contributed by atoms with Gasteiger partial charge < -0.3 is 44.5 Å². The Morgan fingerprint density at radius 3 is 2.41 bits per heavy atom. The summed E-state index contributed by atoms with van der Waals surface area (Å²) in [5.74, 6) is -0.616. The molecule has 6 rings (SSSR count). The number of carbonyl (C=O) groups is 2. The van der Waals surface area contributed by atoms with Gasteiger partial charge in [-0.05, 0) is 81.6 Å².